The first kappa shape index (κ1) is 18.4. The van der Waals surface area contributed by atoms with E-state index in [0.29, 0.717) is 10.9 Å². The van der Waals surface area contributed by atoms with Crippen molar-refractivity contribution in [1.82, 2.24) is 20.2 Å². The highest BCUT2D eigenvalue weighted by atomic mass is 32.2. The molecule has 0 amide bonds. The number of benzene rings is 2. The molecule has 0 unspecified atom stereocenters. The maximum atomic E-state index is 10.2. The fourth-order valence-electron chi connectivity index (χ4n) is 2.58. The van der Waals surface area contributed by atoms with Crippen molar-refractivity contribution in [3.8, 4) is 11.4 Å². The van der Waals surface area contributed by atoms with Crippen molar-refractivity contribution in [2.75, 3.05) is 12.4 Å². The summed E-state index contributed by atoms with van der Waals surface area (Å²) in [5.74, 6) is 1.20. The van der Waals surface area contributed by atoms with Crippen LogP contribution >= 0.6 is 11.8 Å². The molecule has 0 aliphatic rings. The van der Waals surface area contributed by atoms with Crippen LogP contribution in [0.25, 0.3) is 5.69 Å². The van der Waals surface area contributed by atoms with Crippen LogP contribution in [0, 0.1) is 20.8 Å². The van der Waals surface area contributed by atoms with Crippen molar-refractivity contribution < 1.29 is 9.84 Å². The molecule has 1 N–H and O–H groups in total. The highest BCUT2D eigenvalue weighted by molar-refractivity contribution is 7.99. The zero-order chi connectivity index (χ0) is 18.5. The lowest BCUT2D eigenvalue weighted by atomic mass is 10.1. The maximum absolute atomic E-state index is 10.2. The van der Waals surface area contributed by atoms with Crippen LogP contribution in [0.3, 0.4) is 0 Å². The second-order valence-electron chi connectivity index (χ2n) is 6.26. The van der Waals surface area contributed by atoms with Gasteiger partial charge in [-0.15, -0.1) is 5.10 Å². The Labute approximate surface area is 157 Å². The van der Waals surface area contributed by atoms with Gasteiger partial charge in [0.05, 0.1) is 11.8 Å². The third-order valence-corrected chi connectivity index (χ3v) is 4.92. The van der Waals surface area contributed by atoms with Crippen LogP contribution in [0.2, 0.25) is 0 Å². The summed E-state index contributed by atoms with van der Waals surface area (Å²) in [6.07, 6.45) is -0.621. The summed E-state index contributed by atoms with van der Waals surface area (Å²) in [6.45, 7) is 6.31. The number of hydrogen-bond acceptors (Lipinski definition) is 6. The SMILES string of the molecule is Cc1cccc(OC[C@@H](O)CSc2nnnn2-c2ccc(C)cc2C)c1. The van der Waals surface area contributed by atoms with Gasteiger partial charge in [-0.25, -0.2) is 0 Å². The third-order valence-electron chi connectivity index (χ3n) is 3.86. The van der Waals surface area contributed by atoms with Crippen LogP contribution in [0.4, 0.5) is 0 Å². The minimum absolute atomic E-state index is 0.224. The number of thioether (sulfide) groups is 1. The fraction of sp³-hybridized carbons (Fsp3) is 0.316. The minimum atomic E-state index is -0.621. The number of nitrogens with zero attached hydrogens (tertiary/aromatic N) is 4. The molecule has 0 saturated heterocycles. The molecule has 1 aromatic heterocycles. The molecule has 0 spiro atoms. The first-order chi connectivity index (χ1) is 12.5. The van der Waals surface area contributed by atoms with Crippen molar-refractivity contribution in [2.24, 2.45) is 0 Å². The van der Waals surface area contributed by atoms with E-state index in [9.17, 15) is 5.11 Å². The van der Waals surface area contributed by atoms with Gasteiger partial charge in [0.2, 0.25) is 5.16 Å². The average Bonchev–Trinajstić information content (AvgIpc) is 3.06. The summed E-state index contributed by atoms with van der Waals surface area (Å²) in [7, 11) is 0. The summed E-state index contributed by atoms with van der Waals surface area (Å²) in [5.41, 5.74) is 4.35. The maximum Gasteiger partial charge on any atom is 0.214 e. The summed E-state index contributed by atoms with van der Waals surface area (Å²) in [5, 5.41) is 22.8. The van der Waals surface area contributed by atoms with E-state index in [2.05, 4.69) is 28.5 Å². The number of tetrazole rings is 1. The molecule has 0 aliphatic carbocycles. The van der Waals surface area contributed by atoms with Crippen LogP contribution in [0.5, 0.6) is 5.75 Å². The van der Waals surface area contributed by atoms with Gasteiger partial charge in [-0.3, -0.25) is 0 Å². The van der Waals surface area contributed by atoms with E-state index in [4.69, 9.17) is 4.74 Å². The van der Waals surface area contributed by atoms with Gasteiger partial charge in [0.25, 0.3) is 0 Å². The Hall–Kier alpha value is -2.38. The van der Waals surface area contributed by atoms with Gasteiger partial charge >= 0.3 is 0 Å². The smallest absolute Gasteiger partial charge is 0.214 e. The van der Waals surface area contributed by atoms with Gasteiger partial charge in [-0.1, -0.05) is 41.6 Å². The molecule has 0 saturated carbocycles. The lowest BCUT2D eigenvalue weighted by Crippen LogP contribution is -2.20. The zero-order valence-electron chi connectivity index (χ0n) is 15.1. The Kier molecular flexibility index (Phi) is 5.90. The molecule has 1 heterocycles. The number of aliphatic hydroxyl groups excluding tert-OH is 1. The molecule has 26 heavy (non-hydrogen) atoms. The quantitative estimate of drug-likeness (QED) is 0.644. The van der Waals surface area contributed by atoms with Crippen LogP contribution < -0.4 is 4.74 Å². The van der Waals surface area contributed by atoms with E-state index in [0.717, 1.165) is 22.6 Å². The van der Waals surface area contributed by atoms with E-state index in [1.54, 1.807) is 4.68 Å². The number of rotatable bonds is 7. The van der Waals surface area contributed by atoms with Crippen molar-refractivity contribution in [1.29, 1.82) is 0 Å². The number of hydrogen-bond donors (Lipinski definition) is 1. The second-order valence-corrected chi connectivity index (χ2v) is 7.24. The zero-order valence-corrected chi connectivity index (χ0v) is 15.9. The second kappa shape index (κ2) is 8.33. The van der Waals surface area contributed by atoms with E-state index in [1.807, 2.05) is 50.2 Å². The minimum Gasteiger partial charge on any atom is -0.491 e. The lowest BCUT2D eigenvalue weighted by Gasteiger charge is -2.13. The molecule has 0 radical (unpaired) electrons. The summed E-state index contributed by atoms with van der Waals surface area (Å²) < 4.78 is 7.35. The topological polar surface area (TPSA) is 73.1 Å². The van der Waals surface area contributed by atoms with Gasteiger partial charge in [-0.05, 0) is 60.5 Å². The molecule has 3 rings (SSSR count). The standard InChI is InChI=1S/C19H22N4O2S/c1-13-5-4-6-17(10-13)25-11-16(24)12-26-19-20-21-22-23(19)18-8-7-14(2)9-15(18)3/h4-10,16,24H,11-12H2,1-3H3/t16-/m1/s1. The Morgan fingerprint density at radius 3 is 2.69 bits per heavy atom. The van der Waals surface area contributed by atoms with E-state index in [1.165, 1.54) is 17.3 Å². The number of aromatic nitrogens is 4. The van der Waals surface area contributed by atoms with Crippen molar-refractivity contribution >= 4 is 11.8 Å². The number of aryl methyl sites for hydroxylation is 3. The molecule has 7 heteroatoms. The highest BCUT2D eigenvalue weighted by Crippen LogP contribution is 2.22. The number of ether oxygens (including phenoxy) is 1. The molecule has 0 fully saturated rings. The van der Waals surface area contributed by atoms with Crippen LogP contribution in [0.1, 0.15) is 16.7 Å². The largest absolute Gasteiger partial charge is 0.491 e. The normalized spacial score (nSPS) is 12.2. The summed E-state index contributed by atoms with van der Waals surface area (Å²) in [4.78, 5) is 0. The molecule has 0 aliphatic heterocycles. The molecular weight excluding hydrogens is 348 g/mol. The third kappa shape index (κ3) is 4.62. The van der Waals surface area contributed by atoms with Crippen molar-refractivity contribution in [2.45, 2.75) is 32.0 Å². The lowest BCUT2D eigenvalue weighted by molar-refractivity contribution is 0.126. The summed E-state index contributed by atoms with van der Waals surface area (Å²) in [6, 6.07) is 13.9. The van der Waals surface area contributed by atoms with E-state index >= 15 is 0 Å². The van der Waals surface area contributed by atoms with Crippen molar-refractivity contribution in [3.63, 3.8) is 0 Å². The molecule has 3 aromatic rings. The van der Waals surface area contributed by atoms with Crippen LogP contribution in [-0.4, -0.2) is 43.8 Å². The Morgan fingerprint density at radius 2 is 1.92 bits per heavy atom. The molecule has 136 valence electrons. The predicted molar refractivity (Wildman–Crippen MR) is 102 cm³/mol. The Morgan fingerprint density at radius 1 is 1.12 bits per heavy atom. The van der Waals surface area contributed by atoms with E-state index in [-0.39, 0.29) is 6.61 Å². The van der Waals surface area contributed by atoms with Gasteiger partial charge < -0.3 is 9.84 Å². The fourth-order valence-corrected chi connectivity index (χ4v) is 3.37. The summed E-state index contributed by atoms with van der Waals surface area (Å²) >= 11 is 1.40. The molecule has 6 nitrogen and oxygen atoms in total. The molecule has 2 aromatic carbocycles. The first-order valence-corrected chi connectivity index (χ1v) is 9.38. The van der Waals surface area contributed by atoms with Crippen LogP contribution in [-0.2, 0) is 0 Å². The first-order valence-electron chi connectivity index (χ1n) is 8.39. The van der Waals surface area contributed by atoms with Gasteiger partial charge in [-0.2, -0.15) is 4.68 Å². The van der Waals surface area contributed by atoms with Gasteiger partial charge in [0.1, 0.15) is 12.4 Å². The van der Waals surface area contributed by atoms with Gasteiger partial charge in [0.15, 0.2) is 0 Å². The monoisotopic (exact) mass is 370 g/mol. The Bertz CT molecular complexity index is 881. The highest BCUT2D eigenvalue weighted by Gasteiger charge is 2.14. The van der Waals surface area contributed by atoms with Crippen LogP contribution in [0.15, 0.2) is 47.6 Å². The van der Waals surface area contributed by atoms with E-state index < -0.39 is 6.10 Å². The Balaban J connectivity index is 1.59. The average molecular weight is 370 g/mol. The molecular formula is C19H22N4O2S. The number of aliphatic hydroxyl groups is 1. The van der Waals surface area contributed by atoms with Gasteiger partial charge in [0, 0.05) is 5.75 Å². The molecule has 0 bridgehead atoms. The predicted octanol–water partition coefficient (Wildman–Crippen LogP) is 3.12. The van der Waals surface area contributed by atoms with Crippen molar-refractivity contribution in [3.05, 3.63) is 59.2 Å². The molecule has 1 atom stereocenters.